The van der Waals surface area contributed by atoms with Crippen molar-refractivity contribution in [2.75, 3.05) is 5.75 Å². The van der Waals surface area contributed by atoms with Crippen molar-refractivity contribution >= 4 is 39.7 Å². The zero-order valence-electron chi connectivity index (χ0n) is 7.12. The molecule has 0 radical (unpaired) electrons. The molecule has 0 saturated carbocycles. The monoisotopic (exact) mass is 202 g/mol. The Labute approximate surface area is 96.6 Å². The zero-order chi connectivity index (χ0) is 9.12. The van der Waals surface area contributed by atoms with Crippen molar-refractivity contribution in [2.24, 2.45) is 0 Å². The molecule has 0 saturated heterocycles. The van der Waals surface area contributed by atoms with Gasteiger partial charge in [0.25, 0.3) is 10.1 Å². The third-order valence-electron chi connectivity index (χ3n) is 1.19. The van der Waals surface area contributed by atoms with Gasteiger partial charge in [-0.2, -0.15) is 8.42 Å². The zero-order valence-corrected chi connectivity index (χ0v) is 7.94. The fraction of sp³-hybridized carbons (Fsp3) is 0.714. The fourth-order valence-corrected chi connectivity index (χ4v) is 1.26. The van der Waals surface area contributed by atoms with Gasteiger partial charge >= 0.3 is 29.6 Å². The summed E-state index contributed by atoms with van der Waals surface area (Å²) >= 11 is 0. The van der Waals surface area contributed by atoms with Gasteiger partial charge in [-0.1, -0.05) is 6.08 Å². The average Bonchev–Trinajstić information content (AvgIpc) is 1.86. The van der Waals surface area contributed by atoms with Gasteiger partial charge in [0.1, 0.15) is 0 Å². The molecule has 0 rings (SSSR count). The molecular weight excluding hydrogens is 187 g/mol. The maximum atomic E-state index is 10.9. The van der Waals surface area contributed by atoms with Crippen LogP contribution in [0.2, 0.25) is 0 Å². The molecular formula is C7H15NaO3S. The van der Waals surface area contributed by atoms with E-state index in [2.05, 4.69) is 6.58 Å². The summed E-state index contributed by atoms with van der Waals surface area (Å²) in [5.41, 5.74) is -0.797. The van der Waals surface area contributed by atoms with Crippen LogP contribution in [0.25, 0.3) is 0 Å². The summed E-state index contributed by atoms with van der Waals surface area (Å²) in [6, 6.07) is 0. The van der Waals surface area contributed by atoms with Gasteiger partial charge < -0.3 is 0 Å². The van der Waals surface area contributed by atoms with Crippen LogP contribution < -0.4 is 0 Å². The number of hydrogen-bond donors (Lipinski definition) is 0. The molecule has 0 aliphatic carbocycles. The first-order valence-electron chi connectivity index (χ1n) is 3.40. The van der Waals surface area contributed by atoms with Crippen molar-refractivity contribution in [3.63, 3.8) is 0 Å². The molecule has 68 valence electrons. The van der Waals surface area contributed by atoms with Crippen molar-refractivity contribution in [3.8, 4) is 0 Å². The molecule has 0 heterocycles. The van der Waals surface area contributed by atoms with E-state index in [4.69, 9.17) is 4.18 Å². The summed E-state index contributed by atoms with van der Waals surface area (Å²) in [7, 11) is -3.36. The Kier molecular flexibility index (Phi) is 6.81. The van der Waals surface area contributed by atoms with E-state index < -0.39 is 15.7 Å². The summed E-state index contributed by atoms with van der Waals surface area (Å²) in [4.78, 5) is 0. The van der Waals surface area contributed by atoms with E-state index in [9.17, 15) is 8.42 Å². The van der Waals surface area contributed by atoms with Crippen LogP contribution in [0.15, 0.2) is 12.7 Å². The van der Waals surface area contributed by atoms with E-state index in [0.717, 1.165) is 0 Å². The molecule has 5 heteroatoms. The number of rotatable bonds is 4. The predicted molar refractivity (Wildman–Crippen MR) is 52.0 cm³/mol. The molecule has 0 bridgehead atoms. The topological polar surface area (TPSA) is 43.4 Å². The summed E-state index contributed by atoms with van der Waals surface area (Å²) in [5.74, 6) is -0.00965. The quantitative estimate of drug-likeness (QED) is 0.382. The second kappa shape index (κ2) is 5.40. The molecule has 0 amide bonds. The molecule has 0 aromatic rings. The van der Waals surface area contributed by atoms with E-state index in [-0.39, 0.29) is 35.3 Å². The first kappa shape index (κ1) is 15.1. The van der Waals surface area contributed by atoms with Gasteiger partial charge in [-0.3, -0.25) is 4.18 Å². The van der Waals surface area contributed by atoms with Gasteiger partial charge in [-0.05, 0) is 20.8 Å². The van der Waals surface area contributed by atoms with Crippen LogP contribution in [0.5, 0.6) is 0 Å². The van der Waals surface area contributed by atoms with Crippen LogP contribution in [-0.2, 0) is 14.3 Å². The fourth-order valence-electron chi connectivity index (χ4n) is 0.420. The summed E-state index contributed by atoms with van der Waals surface area (Å²) < 4.78 is 26.6. The van der Waals surface area contributed by atoms with E-state index in [1.807, 2.05) is 0 Å². The predicted octanol–water partition coefficient (Wildman–Crippen LogP) is 0.669. The molecule has 0 aliphatic heterocycles. The van der Waals surface area contributed by atoms with Gasteiger partial charge in [-0.15, -0.1) is 6.58 Å². The normalized spacial score (nSPS) is 11.9. The van der Waals surface area contributed by atoms with Crippen molar-refractivity contribution in [3.05, 3.63) is 12.7 Å². The van der Waals surface area contributed by atoms with Gasteiger partial charge in [0.2, 0.25) is 0 Å². The molecule has 3 nitrogen and oxygen atoms in total. The molecule has 0 aromatic heterocycles. The molecule has 0 fully saturated rings. The first-order chi connectivity index (χ1) is 4.83. The molecule has 0 unspecified atom stereocenters. The van der Waals surface area contributed by atoms with E-state index >= 15 is 0 Å². The van der Waals surface area contributed by atoms with Crippen molar-refractivity contribution < 1.29 is 12.6 Å². The van der Waals surface area contributed by atoms with Crippen molar-refractivity contribution in [1.29, 1.82) is 0 Å². The van der Waals surface area contributed by atoms with E-state index in [1.165, 1.54) is 13.0 Å². The number of hydrogen-bond acceptors (Lipinski definition) is 3. The molecule has 0 spiro atoms. The summed E-state index contributed by atoms with van der Waals surface area (Å²) in [6.45, 7) is 8.29. The van der Waals surface area contributed by atoms with E-state index in [1.54, 1.807) is 13.8 Å². The van der Waals surface area contributed by atoms with Crippen LogP contribution in [-0.4, -0.2) is 49.3 Å². The van der Waals surface area contributed by atoms with Gasteiger partial charge in [-0.25, -0.2) is 0 Å². The van der Waals surface area contributed by atoms with Crippen LogP contribution in [0.4, 0.5) is 0 Å². The van der Waals surface area contributed by atoms with Gasteiger partial charge in [0, 0.05) is 0 Å². The van der Waals surface area contributed by atoms with E-state index in [0.29, 0.717) is 0 Å². The Hall–Kier alpha value is 0.650. The summed E-state index contributed by atoms with van der Waals surface area (Å²) in [5, 5.41) is 0. The SMILES string of the molecule is C=CC(C)(C)OS(=O)(=O)CC.[NaH]. The Bertz CT molecular complexity index is 231. The second-order valence-corrected chi connectivity index (χ2v) is 4.60. The Morgan fingerprint density at radius 1 is 1.50 bits per heavy atom. The Morgan fingerprint density at radius 3 is 2.17 bits per heavy atom. The van der Waals surface area contributed by atoms with Crippen LogP contribution in [0, 0.1) is 0 Å². The standard InChI is InChI=1S/C7H14O3S.Na.H/c1-5-7(3,4)10-11(8,9)6-2;;/h5H,1,6H2,2-4H3;;. The van der Waals surface area contributed by atoms with Gasteiger partial charge in [0.15, 0.2) is 0 Å². The Morgan fingerprint density at radius 2 is 1.92 bits per heavy atom. The molecule has 12 heavy (non-hydrogen) atoms. The molecule has 0 N–H and O–H groups in total. The third kappa shape index (κ3) is 6.20. The molecule has 0 atom stereocenters. The van der Waals surface area contributed by atoms with Crippen molar-refractivity contribution in [2.45, 2.75) is 26.4 Å². The van der Waals surface area contributed by atoms with Crippen LogP contribution >= 0.6 is 0 Å². The third-order valence-corrected chi connectivity index (χ3v) is 2.58. The second-order valence-electron chi connectivity index (χ2n) is 2.74. The van der Waals surface area contributed by atoms with Crippen LogP contribution in [0.3, 0.4) is 0 Å². The van der Waals surface area contributed by atoms with Gasteiger partial charge in [0.05, 0.1) is 11.4 Å². The van der Waals surface area contributed by atoms with Crippen LogP contribution in [0.1, 0.15) is 20.8 Å². The Balaban J connectivity index is 0. The maximum absolute atomic E-state index is 10.9. The molecule has 0 aromatic carbocycles. The molecule has 0 aliphatic rings. The first-order valence-corrected chi connectivity index (χ1v) is 4.97. The minimum atomic E-state index is -3.36. The average molecular weight is 202 g/mol. The summed E-state index contributed by atoms with van der Waals surface area (Å²) in [6.07, 6.45) is 1.46. The minimum absolute atomic E-state index is 0. The van der Waals surface area contributed by atoms with Crippen molar-refractivity contribution in [1.82, 2.24) is 0 Å².